The maximum Gasteiger partial charge on any atom is 0.314 e. The molecule has 11 rings (SSSR count). The van der Waals surface area contributed by atoms with E-state index in [2.05, 4.69) is 19.1 Å². The summed E-state index contributed by atoms with van der Waals surface area (Å²) in [6.07, 6.45) is -39.9. The van der Waals surface area contributed by atoms with Gasteiger partial charge in [-0.3, -0.25) is 9.59 Å². The summed E-state index contributed by atoms with van der Waals surface area (Å²) < 4.78 is 89.8. The van der Waals surface area contributed by atoms with E-state index in [9.17, 15) is 91.3 Å². The van der Waals surface area contributed by atoms with Crippen molar-refractivity contribution in [1.82, 2.24) is 0 Å². The number of esters is 1. The van der Waals surface area contributed by atoms with E-state index in [1.807, 2.05) is 27.7 Å². The Kier molecular flexibility index (Phi) is 23.7. The SMILES string of the molecule is COC1C(O)C(CO)OC(OC2C(O)COC(OC3C(C)OC(OC4C(OC5CCC6(C)C7=CCC89C(=O)OC(C)(CCCC(C)(O)CCO)C8C(=O)CC9(C)C7=CCC6C5(C)C)OCC(OC5OC(CO)C(O)C(OC6OC(CO)C(O)C(OC)C6O)C5O)C4O)C(O)C3O)C2O)C1O. The Morgan fingerprint density at radius 3 is 1.68 bits per heavy atom. The van der Waals surface area contributed by atoms with Crippen LogP contribution in [0.25, 0.3) is 0 Å². The monoisotopic (exact) mass is 1440 g/mol. The first-order valence-corrected chi connectivity index (χ1v) is 34.8. The third-order valence-corrected chi connectivity index (χ3v) is 24.2. The number of methoxy groups -OCH3 is 2. The summed E-state index contributed by atoms with van der Waals surface area (Å²) in [6, 6.07) is 0. The van der Waals surface area contributed by atoms with Gasteiger partial charge in [-0.2, -0.15) is 0 Å². The van der Waals surface area contributed by atoms with E-state index >= 15 is 0 Å². The first-order valence-electron chi connectivity index (χ1n) is 34.8. The first kappa shape index (κ1) is 78.5. The number of ether oxygens (including phenoxy) is 15. The third-order valence-electron chi connectivity index (χ3n) is 24.2. The number of cyclic esters (lactones) is 1. The van der Waals surface area contributed by atoms with Gasteiger partial charge in [-0.15, -0.1) is 0 Å². The molecular formula is C67H106O33. The molecule has 4 aliphatic carbocycles. The molecule has 7 aliphatic heterocycles. The number of aliphatic hydroxyl groups is 16. The van der Waals surface area contributed by atoms with Crippen LogP contribution in [-0.2, 0) is 80.6 Å². The topological polar surface area (TPSA) is 496 Å². The van der Waals surface area contributed by atoms with E-state index < -0.39 is 256 Å². The zero-order valence-electron chi connectivity index (χ0n) is 57.8. The van der Waals surface area contributed by atoms with E-state index in [1.165, 1.54) is 21.1 Å². The van der Waals surface area contributed by atoms with E-state index in [0.717, 1.165) is 11.1 Å². The molecule has 100 heavy (non-hydrogen) atoms. The zero-order valence-corrected chi connectivity index (χ0v) is 57.8. The lowest BCUT2D eigenvalue weighted by Crippen LogP contribution is -2.67. The lowest BCUT2D eigenvalue weighted by atomic mass is 9.44. The number of carbonyl (C=O) groups is 2. The van der Waals surface area contributed by atoms with Crippen LogP contribution in [0.2, 0.25) is 0 Å². The number of aliphatic hydroxyl groups excluding tert-OH is 15. The molecule has 0 amide bonds. The summed E-state index contributed by atoms with van der Waals surface area (Å²) in [6.45, 7) is 9.53. The molecule has 11 aliphatic rings. The molecule has 572 valence electrons. The number of rotatable bonds is 23. The second-order valence-electron chi connectivity index (χ2n) is 30.8. The number of hydrogen-bond donors (Lipinski definition) is 16. The molecule has 0 bridgehead atoms. The van der Waals surface area contributed by atoms with Crippen molar-refractivity contribution in [3.05, 3.63) is 23.3 Å². The average Bonchev–Trinajstić information content (AvgIpc) is 1.47. The number of hydrogen-bond acceptors (Lipinski definition) is 33. The van der Waals surface area contributed by atoms with Crippen LogP contribution < -0.4 is 0 Å². The molecule has 7 saturated heterocycles. The van der Waals surface area contributed by atoms with Gasteiger partial charge in [-0.1, -0.05) is 39.8 Å². The molecule has 9 fully saturated rings. The van der Waals surface area contributed by atoms with Crippen molar-refractivity contribution in [2.24, 2.45) is 33.5 Å². The predicted octanol–water partition coefficient (Wildman–Crippen LogP) is -4.79. The van der Waals surface area contributed by atoms with Crippen LogP contribution in [0.4, 0.5) is 0 Å². The molecule has 0 radical (unpaired) electrons. The minimum atomic E-state index is -2.05. The molecule has 7 heterocycles. The van der Waals surface area contributed by atoms with Crippen LogP contribution in [-0.4, -0.2) is 337 Å². The number of Topliss-reactive ketones (excluding diaryl/α,β-unsaturated/α-hetero) is 1. The fourth-order valence-corrected chi connectivity index (χ4v) is 18.5. The fraction of sp³-hybridized carbons (Fsp3) is 0.910. The van der Waals surface area contributed by atoms with Crippen LogP contribution in [0.3, 0.4) is 0 Å². The van der Waals surface area contributed by atoms with Gasteiger partial charge in [0.05, 0.1) is 62.2 Å². The zero-order chi connectivity index (χ0) is 72.8. The largest absolute Gasteiger partial charge is 0.458 e. The first-order chi connectivity index (χ1) is 47.1. The molecule has 16 N–H and O–H groups in total. The molecule has 33 nitrogen and oxygen atoms in total. The summed E-state index contributed by atoms with van der Waals surface area (Å²) in [7, 11) is 2.38. The van der Waals surface area contributed by atoms with Gasteiger partial charge >= 0.3 is 5.97 Å². The Bertz CT molecular complexity index is 2890. The Labute approximate surface area is 578 Å². The maximum atomic E-state index is 14.6. The number of fused-ring (bicyclic) bond motifs is 4. The Hall–Kier alpha value is -2.58. The van der Waals surface area contributed by atoms with Crippen LogP contribution in [0.15, 0.2) is 23.3 Å². The molecule has 0 aromatic heterocycles. The minimum absolute atomic E-state index is 0.0616. The standard InChI is InChI=1S/C67H106O33/c1-27-48(96-55-44(80)49(31(73)25-88-55)97-58-45(81)50(86-8)38(74)32(22-69)92-58)42(78)43(79)56(90-27)99-53-41(77)35(94-57-47(83)52(40(76)34(24-71)91-57)98-59-46(82)51(87-9)39(75)33(23-70)93-59)26-89-60(53)95-37-14-17-64(5)28-13-18-67-54(66(7,100-61(67)84)16-10-15-63(4,85)19-20-68)30(72)21-65(67,6)29(28)11-12-36(64)62(37,2)3/h11,13,27,31-60,68-71,73-83,85H,10,12,14-26H2,1-9H3. The van der Waals surface area contributed by atoms with Crippen molar-refractivity contribution in [3.63, 3.8) is 0 Å². The summed E-state index contributed by atoms with van der Waals surface area (Å²) >= 11 is 0. The van der Waals surface area contributed by atoms with Gasteiger partial charge in [-0.25, -0.2) is 0 Å². The second kappa shape index (κ2) is 30.2. The van der Waals surface area contributed by atoms with Crippen LogP contribution >= 0.6 is 0 Å². The van der Waals surface area contributed by atoms with Crippen molar-refractivity contribution in [2.45, 2.75) is 296 Å². The van der Waals surface area contributed by atoms with E-state index in [-0.39, 0.29) is 37.6 Å². The van der Waals surface area contributed by atoms with Gasteiger partial charge in [0.1, 0.15) is 140 Å². The highest BCUT2D eigenvalue weighted by atomic mass is 16.8. The summed E-state index contributed by atoms with van der Waals surface area (Å²) in [5.74, 6) is -1.39. The molecule has 36 unspecified atom stereocenters. The highest BCUT2D eigenvalue weighted by Crippen LogP contribution is 2.74. The van der Waals surface area contributed by atoms with Crippen molar-refractivity contribution < 1.29 is 162 Å². The Balaban J connectivity index is 0.829. The lowest BCUT2D eigenvalue weighted by molar-refractivity contribution is -0.394. The number of carbonyl (C=O) groups excluding carboxylic acids is 2. The summed E-state index contributed by atoms with van der Waals surface area (Å²) in [5, 5.41) is 177. The Morgan fingerprint density at radius 1 is 0.560 bits per heavy atom. The molecule has 33 heteroatoms. The van der Waals surface area contributed by atoms with Crippen LogP contribution in [0, 0.1) is 33.5 Å². The predicted molar refractivity (Wildman–Crippen MR) is 332 cm³/mol. The quantitative estimate of drug-likeness (QED) is 0.0427. The van der Waals surface area contributed by atoms with Crippen molar-refractivity contribution in [2.75, 3.05) is 53.9 Å². The second-order valence-corrected chi connectivity index (χ2v) is 30.8. The van der Waals surface area contributed by atoms with E-state index in [4.69, 9.17) is 71.1 Å². The van der Waals surface area contributed by atoms with Crippen LogP contribution in [0.1, 0.15) is 106 Å². The van der Waals surface area contributed by atoms with Gasteiger partial charge < -0.3 is 153 Å². The molecule has 0 aromatic rings. The van der Waals surface area contributed by atoms with Gasteiger partial charge in [0.15, 0.2) is 37.7 Å². The molecule has 36 atom stereocenters. The lowest BCUT2D eigenvalue weighted by Gasteiger charge is -2.61. The molecule has 1 spiro atoms. The van der Waals surface area contributed by atoms with Gasteiger partial charge in [-0.05, 0) is 100 Å². The number of allylic oxidation sites excluding steroid dienone is 4. The summed E-state index contributed by atoms with van der Waals surface area (Å²) in [5.41, 5.74) is -3.71. The third kappa shape index (κ3) is 13.7. The van der Waals surface area contributed by atoms with Gasteiger partial charge in [0.2, 0.25) is 0 Å². The normalized spacial score (nSPS) is 50.8. The van der Waals surface area contributed by atoms with E-state index in [0.29, 0.717) is 38.5 Å². The van der Waals surface area contributed by atoms with Crippen molar-refractivity contribution >= 4 is 11.8 Å². The minimum Gasteiger partial charge on any atom is -0.458 e. The maximum absolute atomic E-state index is 14.6. The smallest absolute Gasteiger partial charge is 0.314 e. The Morgan fingerprint density at radius 2 is 1.09 bits per heavy atom. The number of ketones is 1. The highest BCUT2D eigenvalue weighted by molar-refractivity contribution is 6.00. The average molecular weight is 1440 g/mol. The molecule has 0 aromatic carbocycles. The van der Waals surface area contributed by atoms with E-state index in [1.54, 1.807) is 6.92 Å². The van der Waals surface area contributed by atoms with Gasteiger partial charge in [0, 0.05) is 32.7 Å². The van der Waals surface area contributed by atoms with Gasteiger partial charge in [0.25, 0.3) is 0 Å². The van der Waals surface area contributed by atoms with Crippen molar-refractivity contribution in [1.29, 1.82) is 0 Å². The highest BCUT2D eigenvalue weighted by Gasteiger charge is 2.78. The van der Waals surface area contributed by atoms with Crippen LogP contribution in [0.5, 0.6) is 0 Å². The summed E-state index contributed by atoms with van der Waals surface area (Å²) in [4.78, 5) is 29.2. The fourth-order valence-electron chi connectivity index (χ4n) is 18.5. The molecular weight excluding hydrogens is 1330 g/mol. The molecule has 2 saturated carbocycles. The van der Waals surface area contributed by atoms with Crippen molar-refractivity contribution in [3.8, 4) is 0 Å².